The lowest BCUT2D eigenvalue weighted by Crippen LogP contribution is -2.31. The van der Waals surface area contributed by atoms with E-state index in [1.807, 2.05) is 36.4 Å². The van der Waals surface area contributed by atoms with Crippen molar-refractivity contribution in [1.29, 1.82) is 0 Å². The van der Waals surface area contributed by atoms with Gasteiger partial charge in [-0.2, -0.15) is 0 Å². The zero-order valence-corrected chi connectivity index (χ0v) is 12.1. The first kappa shape index (κ1) is 13.9. The SMILES string of the molecule is COc1ccc(C(C(=O)O)N2CCCC2)c2ccccc12. The number of likely N-dealkylation sites (tertiary alicyclic amines) is 1. The summed E-state index contributed by atoms with van der Waals surface area (Å²) in [6, 6.07) is 11.0. The van der Waals surface area contributed by atoms with E-state index >= 15 is 0 Å². The molecule has 0 aromatic heterocycles. The fraction of sp³-hybridized carbons (Fsp3) is 0.353. The minimum Gasteiger partial charge on any atom is -0.496 e. The second-order valence-electron chi connectivity index (χ2n) is 5.39. The molecule has 0 bridgehead atoms. The molecule has 4 nitrogen and oxygen atoms in total. The van der Waals surface area contributed by atoms with Crippen LogP contribution in [-0.4, -0.2) is 36.2 Å². The second kappa shape index (κ2) is 5.74. The Kier molecular flexibility index (Phi) is 3.80. The minimum absolute atomic E-state index is 0.580. The molecular formula is C17H19NO3. The Balaban J connectivity index is 2.16. The monoisotopic (exact) mass is 285 g/mol. The van der Waals surface area contributed by atoms with Crippen LogP contribution in [0, 0.1) is 0 Å². The normalized spacial score (nSPS) is 17.0. The number of carboxylic acid groups (broad SMARTS) is 1. The highest BCUT2D eigenvalue weighted by atomic mass is 16.5. The highest BCUT2D eigenvalue weighted by Gasteiger charge is 2.30. The largest absolute Gasteiger partial charge is 0.496 e. The maximum absolute atomic E-state index is 11.8. The number of fused-ring (bicyclic) bond motifs is 1. The second-order valence-corrected chi connectivity index (χ2v) is 5.39. The van der Waals surface area contributed by atoms with E-state index in [0.717, 1.165) is 48.0 Å². The molecule has 1 N–H and O–H groups in total. The van der Waals surface area contributed by atoms with Crippen molar-refractivity contribution in [1.82, 2.24) is 4.90 Å². The molecule has 0 aliphatic carbocycles. The smallest absolute Gasteiger partial charge is 0.325 e. The Hall–Kier alpha value is -2.07. The van der Waals surface area contributed by atoms with Gasteiger partial charge < -0.3 is 9.84 Å². The molecule has 1 aliphatic heterocycles. The predicted octanol–water partition coefficient (Wildman–Crippen LogP) is 3.07. The number of hydrogen-bond donors (Lipinski definition) is 1. The molecule has 2 aromatic rings. The molecule has 1 unspecified atom stereocenters. The number of rotatable bonds is 4. The summed E-state index contributed by atoms with van der Waals surface area (Å²) in [4.78, 5) is 13.9. The summed E-state index contributed by atoms with van der Waals surface area (Å²) in [5.41, 5.74) is 0.848. The van der Waals surface area contributed by atoms with Gasteiger partial charge in [-0.05, 0) is 42.9 Å². The van der Waals surface area contributed by atoms with Crippen molar-refractivity contribution in [2.24, 2.45) is 0 Å². The molecule has 1 aliphatic rings. The van der Waals surface area contributed by atoms with Crippen LogP contribution in [0.25, 0.3) is 10.8 Å². The Morgan fingerprint density at radius 2 is 1.81 bits per heavy atom. The lowest BCUT2D eigenvalue weighted by Gasteiger charge is -2.25. The maximum Gasteiger partial charge on any atom is 0.325 e. The predicted molar refractivity (Wildman–Crippen MR) is 81.7 cm³/mol. The van der Waals surface area contributed by atoms with Gasteiger partial charge in [0.25, 0.3) is 0 Å². The lowest BCUT2D eigenvalue weighted by atomic mass is 9.97. The molecule has 2 aromatic carbocycles. The van der Waals surface area contributed by atoms with Gasteiger partial charge in [0.1, 0.15) is 11.8 Å². The molecule has 1 heterocycles. The summed E-state index contributed by atoms with van der Waals surface area (Å²) in [5.74, 6) is -0.00729. The van der Waals surface area contributed by atoms with Gasteiger partial charge in [0, 0.05) is 5.39 Å². The average Bonchev–Trinajstić information content (AvgIpc) is 3.01. The molecule has 3 rings (SSSR count). The number of benzene rings is 2. The van der Waals surface area contributed by atoms with Crippen LogP contribution in [0.3, 0.4) is 0 Å². The Bertz CT molecular complexity index is 662. The van der Waals surface area contributed by atoms with Gasteiger partial charge in [0.15, 0.2) is 0 Å². The van der Waals surface area contributed by atoms with Crippen LogP contribution in [0.1, 0.15) is 24.4 Å². The Morgan fingerprint density at radius 3 is 2.43 bits per heavy atom. The molecule has 21 heavy (non-hydrogen) atoms. The molecule has 0 amide bonds. The number of aliphatic carboxylic acids is 1. The number of carbonyl (C=O) groups is 1. The lowest BCUT2D eigenvalue weighted by molar-refractivity contribution is -0.143. The van der Waals surface area contributed by atoms with Crippen molar-refractivity contribution in [2.75, 3.05) is 20.2 Å². The number of carboxylic acids is 1. The zero-order chi connectivity index (χ0) is 14.8. The third kappa shape index (κ3) is 2.47. The summed E-state index contributed by atoms with van der Waals surface area (Å²) in [7, 11) is 1.64. The van der Waals surface area contributed by atoms with Gasteiger partial charge >= 0.3 is 5.97 Å². The van der Waals surface area contributed by atoms with E-state index in [2.05, 4.69) is 4.90 Å². The van der Waals surface area contributed by atoms with Crippen molar-refractivity contribution in [3.8, 4) is 5.75 Å². The fourth-order valence-electron chi connectivity index (χ4n) is 3.20. The summed E-state index contributed by atoms with van der Waals surface area (Å²) in [5, 5.41) is 11.6. The number of ether oxygens (including phenoxy) is 1. The summed E-state index contributed by atoms with van der Waals surface area (Å²) in [6.07, 6.45) is 2.13. The summed E-state index contributed by atoms with van der Waals surface area (Å²) >= 11 is 0. The van der Waals surface area contributed by atoms with Gasteiger partial charge in [-0.15, -0.1) is 0 Å². The van der Waals surface area contributed by atoms with Crippen molar-refractivity contribution < 1.29 is 14.6 Å². The molecule has 110 valence electrons. The average molecular weight is 285 g/mol. The van der Waals surface area contributed by atoms with Crippen molar-refractivity contribution in [2.45, 2.75) is 18.9 Å². The van der Waals surface area contributed by atoms with E-state index in [9.17, 15) is 9.90 Å². The summed E-state index contributed by atoms with van der Waals surface area (Å²) < 4.78 is 5.39. The molecule has 4 heteroatoms. The highest BCUT2D eigenvalue weighted by molar-refractivity contribution is 5.94. The fourth-order valence-corrected chi connectivity index (χ4v) is 3.20. The van der Waals surface area contributed by atoms with Crippen LogP contribution in [-0.2, 0) is 4.79 Å². The number of hydrogen-bond acceptors (Lipinski definition) is 3. The summed E-state index contributed by atoms with van der Waals surface area (Å²) in [6.45, 7) is 1.69. The first-order chi connectivity index (χ1) is 10.2. The first-order valence-corrected chi connectivity index (χ1v) is 7.25. The van der Waals surface area contributed by atoms with Gasteiger partial charge in [-0.1, -0.05) is 30.3 Å². The molecule has 1 fully saturated rings. The van der Waals surface area contributed by atoms with Crippen molar-refractivity contribution in [3.63, 3.8) is 0 Å². The third-order valence-corrected chi connectivity index (χ3v) is 4.17. The molecule has 0 saturated carbocycles. The molecule has 0 radical (unpaired) electrons. The van der Waals surface area contributed by atoms with Crippen molar-refractivity contribution in [3.05, 3.63) is 42.0 Å². The van der Waals surface area contributed by atoms with Gasteiger partial charge in [0.2, 0.25) is 0 Å². The van der Waals surface area contributed by atoms with Crippen LogP contribution in [0.5, 0.6) is 5.75 Å². The van der Waals surface area contributed by atoms with E-state index in [4.69, 9.17) is 4.74 Å². The van der Waals surface area contributed by atoms with Crippen LogP contribution < -0.4 is 4.74 Å². The minimum atomic E-state index is -0.785. The van der Waals surface area contributed by atoms with E-state index < -0.39 is 12.0 Å². The molecule has 1 saturated heterocycles. The van der Waals surface area contributed by atoms with Crippen LogP contribution in [0.2, 0.25) is 0 Å². The maximum atomic E-state index is 11.8. The van der Waals surface area contributed by atoms with Gasteiger partial charge in [-0.25, -0.2) is 0 Å². The van der Waals surface area contributed by atoms with E-state index in [-0.39, 0.29) is 0 Å². The van der Waals surface area contributed by atoms with Crippen LogP contribution >= 0.6 is 0 Å². The van der Waals surface area contributed by atoms with E-state index in [1.165, 1.54) is 0 Å². The highest BCUT2D eigenvalue weighted by Crippen LogP contribution is 2.35. The van der Waals surface area contributed by atoms with Crippen LogP contribution in [0.15, 0.2) is 36.4 Å². The Morgan fingerprint density at radius 1 is 1.14 bits per heavy atom. The first-order valence-electron chi connectivity index (χ1n) is 7.25. The van der Waals surface area contributed by atoms with E-state index in [1.54, 1.807) is 7.11 Å². The topological polar surface area (TPSA) is 49.8 Å². The number of nitrogens with zero attached hydrogens (tertiary/aromatic N) is 1. The van der Waals surface area contributed by atoms with Crippen molar-refractivity contribution >= 4 is 16.7 Å². The third-order valence-electron chi connectivity index (χ3n) is 4.17. The Labute approximate surface area is 123 Å². The molecular weight excluding hydrogens is 266 g/mol. The van der Waals surface area contributed by atoms with Gasteiger partial charge in [-0.3, -0.25) is 9.69 Å². The quantitative estimate of drug-likeness (QED) is 0.938. The van der Waals surface area contributed by atoms with Crippen LogP contribution in [0.4, 0.5) is 0 Å². The van der Waals surface area contributed by atoms with E-state index in [0.29, 0.717) is 0 Å². The molecule has 1 atom stereocenters. The van der Waals surface area contributed by atoms with Gasteiger partial charge in [0.05, 0.1) is 7.11 Å². The molecule has 0 spiro atoms. The standard InChI is InChI=1S/C17H19NO3/c1-21-15-9-8-14(12-6-2-3-7-13(12)15)16(17(19)20)18-10-4-5-11-18/h2-3,6-9,16H,4-5,10-11H2,1H3,(H,19,20). The zero-order valence-electron chi connectivity index (χ0n) is 12.1. The number of methoxy groups -OCH3 is 1.